The zero-order chi connectivity index (χ0) is 13.1. The Labute approximate surface area is 109 Å². The fourth-order valence-corrected chi connectivity index (χ4v) is 1.88. The van der Waals surface area contributed by atoms with Crippen LogP contribution in [0.2, 0.25) is 5.02 Å². The van der Waals surface area contributed by atoms with Crippen LogP contribution in [-0.2, 0) is 20.0 Å². The average Bonchev–Trinajstić information content (AvgIpc) is 2.71. The van der Waals surface area contributed by atoms with Gasteiger partial charge in [-0.05, 0) is 6.42 Å². The highest BCUT2D eigenvalue weighted by atomic mass is 35.5. The predicted molar refractivity (Wildman–Crippen MR) is 69.8 cm³/mol. The molecule has 0 bridgehead atoms. The summed E-state index contributed by atoms with van der Waals surface area (Å²) in [4.78, 5) is 11.3. The smallest absolute Gasteiger partial charge is 0.285 e. The second-order valence-corrected chi connectivity index (χ2v) is 4.29. The summed E-state index contributed by atoms with van der Waals surface area (Å²) in [5.74, 6) is 0. The highest BCUT2D eigenvalue weighted by Crippen LogP contribution is 2.16. The van der Waals surface area contributed by atoms with Gasteiger partial charge in [0.1, 0.15) is 5.02 Å². The van der Waals surface area contributed by atoms with Crippen molar-refractivity contribution in [3.05, 3.63) is 39.0 Å². The predicted octanol–water partition coefficient (Wildman–Crippen LogP) is 1.33. The lowest BCUT2D eigenvalue weighted by atomic mass is 10.2. The number of nitrogens with zero attached hydrogens (tertiary/aromatic N) is 3. The molecule has 0 aliphatic heterocycles. The first kappa shape index (κ1) is 12.6. The van der Waals surface area contributed by atoms with Gasteiger partial charge in [-0.25, -0.2) is 5.10 Å². The van der Waals surface area contributed by atoms with Crippen molar-refractivity contribution in [3.63, 3.8) is 0 Å². The number of rotatable bonds is 4. The van der Waals surface area contributed by atoms with E-state index in [1.54, 1.807) is 4.68 Å². The minimum atomic E-state index is -0.399. The van der Waals surface area contributed by atoms with Crippen molar-refractivity contribution in [3.8, 4) is 0 Å². The normalized spacial score (nSPS) is 10.6. The molecule has 0 unspecified atom stereocenters. The Morgan fingerprint density at radius 3 is 3.06 bits per heavy atom. The summed E-state index contributed by atoms with van der Waals surface area (Å²) >= 11 is 5.87. The molecule has 2 aromatic heterocycles. The van der Waals surface area contributed by atoms with E-state index < -0.39 is 5.56 Å². The molecule has 2 N–H and O–H groups in total. The van der Waals surface area contributed by atoms with Crippen molar-refractivity contribution in [1.82, 2.24) is 20.0 Å². The molecule has 0 atom stereocenters. The molecule has 0 aromatic carbocycles. The van der Waals surface area contributed by atoms with Crippen molar-refractivity contribution < 1.29 is 0 Å². The van der Waals surface area contributed by atoms with Gasteiger partial charge in [-0.2, -0.15) is 10.2 Å². The Morgan fingerprint density at radius 2 is 2.33 bits per heavy atom. The second kappa shape index (κ2) is 5.22. The maximum Gasteiger partial charge on any atom is 0.285 e. The zero-order valence-corrected chi connectivity index (χ0v) is 11.0. The Morgan fingerprint density at radius 1 is 1.56 bits per heavy atom. The number of nitrogens with one attached hydrogen (secondary N) is 2. The monoisotopic (exact) mass is 267 g/mol. The van der Waals surface area contributed by atoms with Gasteiger partial charge in [0, 0.05) is 25.4 Å². The molecule has 2 aromatic rings. The van der Waals surface area contributed by atoms with E-state index in [0.717, 1.165) is 17.7 Å². The molecule has 0 aliphatic carbocycles. The van der Waals surface area contributed by atoms with Gasteiger partial charge in [0.2, 0.25) is 0 Å². The average molecular weight is 268 g/mol. The molecule has 96 valence electrons. The molecule has 0 fully saturated rings. The molecule has 7 heteroatoms. The molecule has 0 saturated carbocycles. The van der Waals surface area contributed by atoms with Crippen molar-refractivity contribution in [2.75, 3.05) is 5.32 Å². The van der Waals surface area contributed by atoms with Crippen LogP contribution in [0.1, 0.15) is 18.2 Å². The third-order valence-electron chi connectivity index (χ3n) is 2.59. The quantitative estimate of drug-likeness (QED) is 0.876. The molecule has 6 nitrogen and oxygen atoms in total. The summed E-state index contributed by atoms with van der Waals surface area (Å²) in [5.41, 5.74) is 2.23. The summed E-state index contributed by atoms with van der Waals surface area (Å²) < 4.78 is 1.77. The number of aromatic nitrogens is 4. The molecule has 2 rings (SSSR count). The van der Waals surface area contributed by atoms with E-state index in [1.165, 1.54) is 6.20 Å². The van der Waals surface area contributed by atoms with E-state index in [2.05, 4.69) is 20.6 Å². The Kier molecular flexibility index (Phi) is 3.66. The van der Waals surface area contributed by atoms with Crippen molar-refractivity contribution >= 4 is 17.3 Å². The molecule has 0 radical (unpaired) electrons. The first-order valence-corrected chi connectivity index (χ1v) is 5.98. The summed E-state index contributed by atoms with van der Waals surface area (Å²) in [6, 6.07) is 0. The second-order valence-electron chi connectivity index (χ2n) is 3.91. The summed E-state index contributed by atoms with van der Waals surface area (Å²) in [5, 5.41) is 13.5. The number of halogens is 1. The molecule has 0 spiro atoms. The first-order valence-electron chi connectivity index (χ1n) is 5.60. The van der Waals surface area contributed by atoms with E-state index in [-0.39, 0.29) is 5.02 Å². The third kappa shape index (κ3) is 2.53. The van der Waals surface area contributed by atoms with Gasteiger partial charge in [0.15, 0.2) is 0 Å². The van der Waals surface area contributed by atoms with Crippen LogP contribution < -0.4 is 10.9 Å². The van der Waals surface area contributed by atoms with Gasteiger partial charge in [-0.1, -0.05) is 18.5 Å². The molecule has 0 amide bonds. The summed E-state index contributed by atoms with van der Waals surface area (Å²) in [7, 11) is 1.88. The topological polar surface area (TPSA) is 75.6 Å². The molecule has 18 heavy (non-hydrogen) atoms. The maximum atomic E-state index is 11.3. The van der Waals surface area contributed by atoms with E-state index >= 15 is 0 Å². The van der Waals surface area contributed by atoms with E-state index in [9.17, 15) is 4.79 Å². The number of aromatic amines is 1. The van der Waals surface area contributed by atoms with Gasteiger partial charge in [0.05, 0.1) is 17.6 Å². The van der Waals surface area contributed by atoms with Gasteiger partial charge in [-0.3, -0.25) is 9.48 Å². The highest BCUT2D eigenvalue weighted by Gasteiger charge is 2.08. The lowest BCUT2D eigenvalue weighted by Gasteiger charge is -2.06. The molecule has 0 aliphatic rings. The van der Waals surface area contributed by atoms with E-state index in [1.807, 2.05) is 20.2 Å². The molecule has 2 heterocycles. The fourth-order valence-electron chi connectivity index (χ4n) is 1.73. The summed E-state index contributed by atoms with van der Waals surface area (Å²) in [6.45, 7) is 2.61. The van der Waals surface area contributed by atoms with Gasteiger partial charge >= 0.3 is 0 Å². The maximum absolute atomic E-state index is 11.3. The van der Waals surface area contributed by atoms with Crippen LogP contribution >= 0.6 is 11.6 Å². The zero-order valence-electron chi connectivity index (χ0n) is 10.2. The minimum absolute atomic E-state index is 0.118. The minimum Gasteiger partial charge on any atom is -0.378 e. The molecular formula is C11H14ClN5O. The highest BCUT2D eigenvalue weighted by molar-refractivity contribution is 6.32. The van der Waals surface area contributed by atoms with Crippen LogP contribution in [-0.4, -0.2) is 20.0 Å². The van der Waals surface area contributed by atoms with Gasteiger partial charge < -0.3 is 5.32 Å². The Bertz CT molecular complexity index is 604. The lowest BCUT2D eigenvalue weighted by molar-refractivity contribution is 0.746. The largest absolute Gasteiger partial charge is 0.378 e. The Balaban J connectivity index is 2.16. The number of aryl methyl sites for hydroxylation is 2. The van der Waals surface area contributed by atoms with E-state index in [4.69, 9.17) is 11.6 Å². The molecule has 0 saturated heterocycles. The number of anilines is 1. The van der Waals surface area contributed by atoms with Crippen LogP contribution in [0, 0.1) is 0 Å². The van der Waals surface area contributed by atoms with Crippen molar-refractivity contribution in [2.24, 2.45) is 7.05 Å². The van der Waals surface area contributed by atoms with Crippen LogP contribution in [0.15, 0.2) is 17.2 Å². The van der Waals surface area contributed by atoms with E-state index in [0.29, 0.717) is 12.2 Å². The van der Waals surface area contributed by atoms with Crippen LogP contribution in [0.5, 0.6) is 0 Å². The molecular weight excluding hydrogens is 254 g/mol. The van der Waals surface area contributed by atoms with Crippen LogP contribution in [0.4, 0.5) is 5.69 Å². The van der Waals surface area contributed by atoms with Crippen molar-refractivity contribution in [2.45, 2.75) is 19.9 Å². The fraction of sp³-hybridized carbons (Fsp3) is 0.364. The summed E-state index contributed by atoms with van der Waals surface area (Å²) in [6.07, 6.45) is 4.30. The van der Waals surface area contributed by atoms with Crippen LogP contribution in [0.3, 0.4) is 0 Å². The van der Waals surface area contributed by atoms with Gasteiger partial charge in [0.25, 0.3) is 5.56 Å². The first-order chi connectivity index (χ1) is 8.61. The standard InChI is InChI=1S/C11H14ClN5O/c1-3-8-7(6-17(2)16-8)4-13-9-5-14-15-11(18)10(9)12/h5-6H,3-4H2,1-2H3,(H2,13,15,18). The van der Waals surface area contributed by atoms with Crippen LogP contribution in [0.25, 0.3) is 0 Å². The third-order valence-corrected chi connectivity index (χ3v) is 2.97. The number of hydrogen-bond donors (Lipinski definition) is 2. The SMILES string of the molecule is CCc1nn(C)cc1CNc1cn[nH]c(=O)c1Cl. The number of hydrogen-bond acceptors (Lipinski definition) is 4. The van der Waals surface area contributed by atoms with Gasteiger partial charge in [-0.15, -0.1) is 0 Å². The Hall–Kier alpha value is -1.82. The number of H-pyrrole nitrogens is 1. The van der Waals surface area contributed by atoms with Crippen molar-refractivity contribution in [1.29, 1.82) is 0 Å². The lowest BCUT2D eigenvalue weighted by Crippen LogP contribution is -2.12.